The minimum atomic E-state index is -1.04. The van der Waals surface area contributed by atoms with Crippen molar-refractivity contribution in [3.8, 4) is 17.6 Å². The van der Waals surface area contributed by atoms with Crippen LogP contribution in [0.2, 0.25) is 0 Å². The quantitative estimate of drug-likeness (QED) is 0.689. The van der Waals surface area contributed by atoms with Gasteiger partial charge < -0.3 is 9.84 Å². The van der Waals surface area contributed by atoms with Gasteiger partial charge >= 0.3 is 0 Å². The number of aliphatic hydroxyl groups is 1. The Bertz CT molecular complexity index is 391. The standard InChI is InChI=1S/C10H8F2O2/c1-14-9-6-7(3-2-4-13)5-8(11)10(9)12/h5-6,13H,4H2,1H3. The molecule has 1 aromatic rings. The van der Waals surface area contributed by atoms with E-state index in [4.69, 9.17) is 5.11 Å². The third-order valence-electron chi connectivity index (χ3n) is 1.53. The summed E-state index contributed by atoms with van der Waals surface area (Å²) in [5.41, 5.74) is 0.259. The fraction of sp³-hybridized carbons (Fsp3) is 0.200. The summed E-state index contributed by atoms with van der Waals surface area (Å²) in [6.45, 7) is -0.332. The van der Waals surface area contributed by atoms with Crippen molar-refractivity contribution >= 4 is 0 Å². The Morgan fingerprint density at radius 1 is 1.43 bits per heavy atom. The van der Waals surface area contributed by atoms with Crippen LogP contribution < -0.4 is 4.74 Å². The summed E-state index contributed by atoms with van der Waals surface area (Å²) in [6, 6.07) is 2.21. The molecule has 0 unspecified atom stereocenters. The van der Waals surface area contributed by atoms with E-state index < -0.39 is 11.6 Å². The van der Waals surface area contributed by atoms with E-state index in [0.717, 1.165) is 6.07 Å². The molecule has 4 heteroatoms. The lowest BCUT2D eigenvalue weighted by Crippen LogP contribution is -1.93. The zero-order chi connectivity index (χ0) is 10.6. The van der Waals surface area contributed by atoms with E-state index in [1.807, 2.05) is 0 Å². The predicted molar refractivity (Wildman–Crippen MR) is 46.9 cm³/mol. The molecule has 0 aliphatic rings. The lowest BCUT2D eigenvalue weighted by molar-refractivity contribution is 0.350. The van der Waals surface area contributed by atoms with Crippen molar-refractivity contribution in [1.29, 1.82) is 0 Å². The monoisotopic (exact) mass is 198 g/mol. The van der Waals surface area contributed by atoms with Crippen LogP contribution in [0.5, 0.6) is 5.75 Å². The number of hydrogen-bond acceptors (Lipinski definition) is 2. The molecule has 0 aliphatic carbocycles. The molecule has 0 aliphatic heterocycles. The van der Waals surface area contributed by atoms with Gasteiger partial charge in [-0.15, -0.1) is 0 Å². The van der Waals surface area contributed by atoms with Gasteiger partial charge in [-0.2, -0.15) is 4.39 Å². The Hall–Kier alpha value is -1.60. The number of rotatable bonds is 1. The van der Waals surface area contributed by atoms with Crippen LogP contribution >= 0.6 is 0 Å². The largest absolute Gasteiger partial charge is 0.494 e. The molecule has 0 heterocycles. The molecule has 0 bridgehead atoms. The van der Waals surface area contributed by atoms with Gasteiger partial charge in [-0.3, -0.25) is 0 Å². The molecule has 1 N–H and O–H groups in total. The average molecular weight is 198 g/mol. The van der Waals surface area contributed by atoms with Crippen LogP contribution in [0.15, 0.2) is 12.1 Å². The summed E-state index contributed by atoms with van der Waals surface area (Å²) in [7, 11) is 1.24. The zero-order valence-electron chi connectivity index (χ0n) is 7.47. The molecule has 1 aromatic carbocycles. The molecule has 1 rings (SSSR count). The van der Waals surface area contributed by atoms with Gasteiger partial charge in [0, 0.05) is 5.56 Å². The highest BCUT2D eigenvalue weighted by molar-refractivity contribution is 5.41. The molecule has 0 fully saturated rings. The van der Waals surface area contributed by atoms with Gasteiger partial charge in [0.1, 0.15) is 6.61 Å². The first-order chi connectivity index (χ1) is 6.69. The first-order valence-electron chi connectivity index (χ1n) is 3.81. The fourth-order valence-electron chi connectivity index (χ4n) is 0.926. The van der Waals surface area contributed by atoms with E-state index in [2.05, 4.69) is 16.6 Å². The Labute approximate surface area is 80.1 Å². The molecular formula is C10H8F2O2. The first-order valence-corrected chi connectivity index (χ1v) is 3.81. The lowest BCUT2D eigenvalue weighted by atomic mass is 10.2. The maximum absolute atomic E-state index is 12.9. The molecular weight excluding hydrogens is 190 g/mol. The van der Waals surface area contributed by atoms with Gasteiger partial charge in [0.25, 0.3) is 0 Å². The van der Waals surface area contributed by atoms with E-state index in [1.54, 1.807) is 0 Å². The van der Waals surface area contributed by atoms with Gasteiger partial charge in [-0.25, -0.2) is 4.39 Å². The topological polar surface area (TPSA) is 29.5 Å². The van der Waals surface area contributed by atoms with Crippen molar-refractivity contribution in [3.63, 3.8) is 0 Å². The maximum atomic E-state index is 12.9. The van der Waals surface area contributed by atoms with Crippen molar-refractivity contribution in [3.05, 3.63) is 29.3 Å². The van der Waals surface area contributed by atoms with Crippen LogP contribution in [-0.4, -0.2) is 18.8 Å². The number of hydrogen-bond donors (Lipinski definition) is 1. The minimum absolute atomic E-state index is 0.202. The fourth-order valence-corrected chi connectivity index (χ4v) is 0.926. The van der Waals surface area contributed by atoms with E-state index >= 15 is 0 Å². The summed E-state index contributed by atoms with van der Waals surface area (Å²) in [5, 5.41) is 8.41. The van der Waals surface area contributed by atoms with Gasteiger partial charge in [0.15, 0.2) is 11.6 Å². The molecule has 0 spiro atoms. The van der Waals surface area contributed by atoms with Crippen molar-refractivity contribution in [2.75, 3.05) is 13.7 Å². The lowest BCUT2D eigenvalue weighted by Gasteiger charge is -2.02. The molecule has 0 radical (unpaired) electrons. The number of ether oxygens (including phenoxy) is 1. The second-order valence-corrected chi connectivity index (χ2v) is 2.43. The summed E-state index contributed by atoms with van der Waals surface area (Å²) in [5.74, 6) is 2.51. The van der Waals surface area contributed by atoms with E-state index in [9.17, 15) is 8.78 Å². The molecule has 0 amide bonds. The van der Waals surface area contributed by atoms with Crippen molar-refractivity contribution < 1.29 is 18.6 Å². The Kier molecular flexibility index (Phi) is 3.43. The van der Waals surface area contributed by atoms with Gasteiger partial charge in [-0.1, -0.05) is 11.8 Å². The Morgan fingerprint density at radius 3 is 2.71 bits per heavy atom. The molecule has 0 aromatic heterocycles. The van der Waals surface area contributed by atoms with E-state index in [0.29, 0.717) is 0 Å². The smallest absolute Gasteiger partial charge is 0.200 e. The maximum Gasteiger partial charge on any atom is 0.200 e. The first kappa shape index (κ1) is 10.5. The molecule has 14 heavy (non-hydrogen) atoms. The molecule has 0 saturated heterocycles. The van der Waals surface area contributed by atoms with Crippen LogP contribution in [0.3, 0.4) is 0 Å². The van der Waals surface area contributed by atoms with Gasteiger partial charge in [0.05, 0.1) is 7.11 Å². The highest BCUT2D eigenvalue weighted by atomic mass is 19.2. The van der Waals surface area contributed by atoms with Crippen molar-refractivity contribution in [1.82, 2.24) is 0 Å². The molecule has 2 nitrogen and oxygen atoms in total. The highest BCUT2D eigenvalue weighted by Crippen LogP contribution is 2.21. The van der Waals surface area contributed by atoms with E-state index in [-0.39, 0.29) is 17.9 Å². The van der Waals surface area contributed by atoms with Crippen molar-refractivity contribution in [2.45, 2.75) is 0 Å². The van der Waals surface area contributed by atoms with Gasteiger partial charge in [-0.05, 0) is 12.1 Å². The van der Waals surface area contributed by atoms with Crippen LogP contribution in [0.25, 0.3) is 0 Å². The normalized spacial score (nSPS) is 9.14. The summed E-state index contributed by atoms with van der Waals surface area (Å²) in [4.78, 5) is 0. The third-order valence-corrected chi connectivity index (χ3v) is 1.53. The Balaban J connectivity index is 3.16. The van der Waals surface area contributed by atoms with Crippen LogP contribution in [0, 0.1) is 23.5 Å². The summed E-state index contributed by atoms with van der Waals surface area (Å²) >= 11 is 0. The minimum Gasteiger partial charge on any atom is -0.494 e. The SMILES string of the molecule is COc1cc(C#CCO)cc(F)c1F. The van der Waals surface area contributed by atoms with E-state index in [1.165, 1.54) is 13.2 Å². The number of aliphatic hydroxyl groups excluding tert-OH is 1. The van der Waals surface area contributed by atoms with Gasteiger partial charge in [0.2, 0.25) is 5.82 Å². The number of methoxy groups -OCH3 is 1. The number of benzene rings is 1. The Morgan fingerprint density at radius 2 is 2.14 bits per heavy atom. The second-order valence-electron chi connectivity index (χ2n) is 2.43. The highest BCUT2D eigenvalue weighted by Gasteiger charge is 2.09. The summed E-state index contributed by atoms with van der Waals surface area (Å²) in [6.07, 6.45) is 0. The predicted octanol–water partition coefficient (Wildman–Crippen LogP) is 1.32. The van der Waals surface area contributed by atoms with Crippen LogP contribution in [0.1, 0.15) is 5.56 Å². The summed E-state index contributed by atoms with van der Waals surface area (Å²) < 4.78 is 30.4. The van der Waals surface area contributed by atoms with Crippen molar-refractivity contribution in [2.24, 2.45) is 0 Å². The number of halogens is 2. The third kappa shape index (κ3) is 2.21. The molecule has 0 saturated carbocycles. The van der Waals surface area contributed by atoms with Crippen LogP contribution in [0.4, 0.5) is 8.78 Å². The molecule has 0 atom stereocenters. The second kappa shape index (κ2) is 4.58. The van der Waals surface area contributed by atoms with Crippen LogP contribution in [-0.2, 0) is 0 Å². The average Bonchev–Trinajstić information content (AvgIpc) is 2.19. The molecule has 74 valence electrons. The zero-order valence-corrected chi connectivity index (χ0v) is 7.47.